The van der Waals surface area contributed by atoms with Crippen molar-refractivity contribution in [3.05, 3.63) is 82.0 Å². The molecular weight excluding hydrogens is 369 g/mol. The van der Waals surface area contributed by atoms with Gasteiger partial charge in [0, 0.05) is 17.8 Å². The lowest BCUT2D eigenvalue weighted by molar-refractivity contribution is 0.102. The predicted octanol–water partition coefficient (Wildman–Crippen LogP) is 5.33. The van der Waals surface area contributed by atoms with Crippen molar-refractivity contribution in [2.75, 3.05) is 16.8 Å². The van der Waals surface area contributed by atoms with Gasteiger partial charge in [-0.3, -0.25) is 4.79 Å². The molecule has 0 saturated carbocycles. The molecule has 0 fully saturated rings. The number of rotatable bonds is 3. The molecule has 0 radical (unpaired) electrons. The zero-order valence-corrected chi connectivity index (χ0v) is 15.3. The normalized spacial score (nSPS) is 12.8. The largest absolute Gasteiger partial charge is 0.326 e. The molecule has 2 heterocycles. The van der Waals surface area contributed by atoms with Crippen LogP contribution < -0.4 is 10.2 Å². The minimum absolute atomic E-state index is 0.260. The zero-order chi connectivity index (χ0) is 18.1. The first-order valence-corrected chi connectivity index (χ1v) is 8.95. The quantitative estimate of drug-likeness (QED) is 0.664. The van der Waals surface area contributed by atoms with Crippen molar-refractivity contribution < 1.29 is 4.79 Å². The fraction of sp³-hybridized carbons (Fsp3) is 0.100. The Labute approximate surface area is 161 Å². The predicted molar refractivity (Wildman–Crippen MR) is 106 cm³/mol. The third kappa shape index (κ3) is 3.26. The lowest BCUT2D eigenvalue weighted by Gasteiger charge is -2.18. The summed E-state index contributed by atoms with van der Waals surface area (Å²) in [6.07, 6.45) is 2.67. The lowest BCUT2D eigenvalue weighted by Crippen LogP contribution is -2.15. The maximum absolute atomic E-state index is 12.3. The fourth-order valence-corrected chi connectivity index (χ4v) is 3.33. The van der Waals surface area contributed by atoms with Gasteiger partial charge in [0.1, 0.15) is 5.82 Å². The number of anilines is 3. The molecule has 0 unspecified atom stereocenters. The Morgan fingerprint density at radius 2 is 1.88 bits per heavy atom. The molecule has 3 aromatic rings. The van der Waals surface area contributed by atoms with Crippen molar-refractivity contribution in [3.8, 4) is 0 Å². The topological polar surface area (TPSA) is 45.2 Å². The van der Waals surface area contributed by atoms with Crippen LogP contribution in [0, 0.1) is 0 Å². The molecule has 0 bridgehead atoms. The van der Waals surface area contributed by atoms with Crippen LogP contribution in [0.25, 0.3) is 0 Å². The van der Waals surface area contributed by atoms with Gasteiger partial charge in [0.2, 0.25) is 0 Å². The zero-order valence-electron chi connectivity index (χ0n) is 13.7. The monoisotopic (exact) mass is 383 g/mol. The summed E-state index contributed by atoms with van der Waals surface area (Å²) in [7, 11) is 0. The van der Waals surface area contributed by atoms with Gasteiger partial charge in [0.15, 0.2) is 0 Å². The van der Waals surface area contributed by atoms with Crippen LogP contribution in [-0.2, 0) is 6.42 Å². The number of carbonyl (C=O) groups excluding carboxylic acids is 1. The Balaban J connectivity index is 1.50. The van der Waals surface area contributed by atoms with E-state index >= 15 is 0 Å². The average molecular weight is 384 g/mol. The third-order valence-corrected chi connectivity index (χ3v) is 5.09. The summed E-state index contributed by atoms with van der Waals surface area (Å²) in [6, 6.07) is 16.9. The van der Waals surface area contributed by atoms with Crippen molar-refractivity contribution in [1.29, 1.82) is 0 Å². The van der Waals surface area contributed by atoms with E-state index in [4.69, 9.17) is 23.2 Å². The van der Waals surface area contributed by atoms with Crippen molar-refractivity contribution in [3.63, 3.8) is 0 Å². The molecule has 1 amide bonds. The van der Waals surface area contributed by atoms with Gasteiger partial charge in [-0.1, -0.05) is 41.4 Å². The van der Waals surface area contributed by atoms with E-state index in [1.54, 1.807) is 24.4 Å². The summed E-state index contributed by atoms with van der Waals surface area (Å²) in [4.78, 5) is 19.0. The Hall–Kier alpha value is -2.56. The number of amides is 1. The molecule has 26 heavy (non-hydrogen) atoms. The third-order valence-electron chi connectivity index (χ3n) is 4.35. The van der Waals surface area contributed by atoms with Crippen LogP contribution in [0.2, 0.25) is 10.0 Å². The first-order valence-electron chi connectivity index (χ1n) is 8.20. The molecule has 4 rings (SSSR count). The number of nitrogens with zero attached hydrogens (tertiary/aromatic N) is 2. The summed E-state index contributed by atoms with van der Waals surface area (Å²) < 4.78 is 0. The highest BCUT2D eigenvalue weighted by Gasteiger charge is 2.20. The van der Waals surface area contributed by atoms with E-state index in [0.29, 0.717) is 21.3 Å². The number of halogens is 2. The second kappa shape index (κ2) is 6.98. The number of nitrogens with one attached hydrogen (secondary N) is 1. The maximum atomic E-state index is 12.3. The summed E-state index contributed by atoms with van der Waals surface area (Å²) in [6.45, 7) is 0.904. The number of benzene rings is 2. The van der Waals surface area contributed by atoms with Crippen LogP contribution in [0.15, 0.2) is 60.8 Å². The minimum Gasteiger partial charge on any atom is -0.326 e. The van der Waals surface area contributed by atoms with Crippen LogP contribution in [0.5, 0.6) is 0 Å². The number of pyridine rings is 1. The number of carbonyl (C=O) groups is 1. The van der Waals surface area contributed by atoms with E-state index in [9.17, 15) is 4.79 Å². The molecule has 1 N–H and O–H groups in total. The molecule has 1 aromatic heterocycles. The molecular formula is C20H15Cl2N3O. The minimum atomic E-state index is -0.260. The first kappa shape index (κ1) is 16.9. The number of aromatic nitrogens is 1. The van der Waals surface area contributed by atoms with Crippen molar-refractivity contribution >= 4 is 46.3 Å². The van der Waals surface area contributed by atoms with Gasteiger partial charge in [0.05, 0.1) is 21.9 Å². The number of fused-ring (bicyclic) bond motifs is 1. The molecule has 1 aliphatic heterocycles. The van der Waals surface area contributed by atoms with E-state index in [1.165, 1.54) is 11.3 Å². The van der Waals surface area contributed by atoms with Crippen LogP contribution in [0.3, 0.4) is 0 Å². The van der Waals surface area contributed by atoms with Gasteiger partial charge >= 0.3 is 0 Å². The molecule has 0 atom stereocenters. The maximum Gasteiger partial charge on any atom is 0.255 e. The van der Waals surface area contributed by atoms with E-state index in [2.05, 4.69) is 33.4 Å². The average Bonchev–Trinajstić information content (AvgIpc) is 3.09. The highest BCUT2D eigenvalue weighted by Crippen LogP contribution is 2.33. The van der Waals surface area contributed by atoms with Crippen LogP contribution in [-0.4, -0.2) is 17.4 Å². The number of hydrogen-bond donors (Lipinski definition) is 1. The Kier molecular flexibility index (Phi) is 4.53. The summed E-state index contributed by atoms with van der Waals surface area (Å²) in [5, 5.41) is 3.58. The first-order chi connectivity index (χ1) is 12.6. The SMILES string of the molecule is O=C(Nc1ccc(N2CCc3ccccc32)nc1)c1ccc(Cl)c(Cl)c1. The van der Waals surface area contributed by atoms with E-state index < -0.39 is 0 Å². The van der Waals surface area contributed by atoms with Crippen molar-refractivity contribution in [1.82, 2.24) is 4.98 Å². The summed E-state index contributed by atoms with van der Waals surface area (Å²) >= 11 is 11.8. The summed E-state index contributed by atoms with van der Waals surface area (Å²) in [5.74, 6) is 0.604. The van der Waals surface area contributed by atoms with E-state index in [1.807, 2.05) is 18.2 Å². The van der Waals surface area contributed by atoms with Gasteiger partial charge < -0.3 is 10.2 Å². The second-order valence-corrected chi connectivity index (χ2v) is 6.83. The summed E-state index contributed by atoms with van der Waals surface area (Å²) in [5.41, 5.74) is 3.58. The molecule has 0 aliphatic carbocycles. The standard InChI is InChI=1S/C20H15Cl2N3O/c21-16-7-5-14(11-17(16)22)20(26)24-15-6-8-19(23-12-15)25-10-9-13-3-1-2-4-18(13)25/h1-8,11-12H,9-10H2,(H,24,26). The van der Waals surface area contributed by atoms with Crippen molar-refractivity contribution in [2.45, 2.75) is 6.42 Å². The highest BCUT2D eigenvalue weighted by atomic mass is 35.5. The molecule has 2 aromatic carbocycles. The molecule has 130 valence electrons. The molecule has 1 aliphatic rings. The van der Waals surface area contributed by atoms with Crippen LogP contribution >= 0.6 is 23.2 Å². The van der Waals surface area contributed by atoms with E-state index in [0.717, 1.165) is 18.8 Å². The van der Waals surface area contributed by atoms with Crippen LogP contribution in [0.1, 0.15) is 15.9 Å². The molecule has 0 saturated heterocycles. The van der Waals surface area contributed by atoms with Gasteiger partial charge in [-0.25, -0.2) is 4.98 Å². The smallest absolute Gasteiger partial charge is 0.255 e. The van der Waals surface area contributed by atoms with Gasteiger partial charge in [0.25, 0.3) is 5.91 Å². The van der Waals surface area contributed by atoms with Gasteiger partial charge in [-0.05, 0) is 48.4 Å². The Morgan fingerprint density at radius 3 is 2.65 bits per heavy atom. The second-order valence-electron chi connectivity index (χ2n) is 6.02. The Morgan fingerprint density at radius 1 is 1.04 bits per heavy atom. The number of para-hydroxylation sites is 1. The van der Waals surface area contributed by atoms with Crippen molar-refractivity contribution in [2.24, 2.45) is 0 Å². The van der Waals surface area contributed by atoms with E-state index in [-0.39, 0.29) is 5.91 Å². The highest BCUT2D eigenvalue weighted by molar-refractivity contribution is 6.42. The van der Waals surface area contributed by atoms with Gasteiger partial charge in [-0.15, -0.1) is 0 Å². The fourth-order valence-electron chi connectivity index (χ4n) is 3.04. The Bertz CT molecular complexity index is 973. The number of hydrogen-bond acceptors (Lipinski definition) is 3. The molecule has 6 heteroatoms. The van der Waals surface area contributed by atoms with Gasteiger partial charge in [-0.2, -0.15) is 0 Å². The lowest BCUT2D eigenvalue weighted by atomic mass is 10.2. The molecule has 0 spiro atoms. The van der Waals surface area contributed by atoms with Crippen LogP contribution in [0.4, 0.5) is 17.2 Å². The molecule has 4 nitrogen and oxygen atoms in total.